The maximum atomic E-state index is 12.6. The van der Waals surface area contributed by atoms with Gasteiger partial charge in [0.15, 0.2) is 0 Å². The van der Waals surface area contributed by atoms with Crippen LogP contribution in [0.25, 0.3) is 0 Å². The molecule has 0 aromatic heterocycles. The molecule has 2 aliphatic carbocycles. The van der Waals surface area contributed by atoms with E-state index in [4.69, 9.17) is 14.2 Å². The molecule has 0 unspecified atom stereocenters. The van der Waals surface area contributed by atoms with Gasteiger partial charge in [0.05, 0.1) is 31.2 Å². The minimum Gasteiger partial charge on any atom is -0.466 e. The van der Waals surface area contributed by atoms with Crippen molar-refractivity contribution in [3.8, 4) is 0 Å². The molecule has 2 aliphatic rings. The van der Waals surface area contributed by atoms with Gasteiger partial charge < -0.3 is 24.4 Å². The van der Waals surface area contributed by atoms with E-state index in [1.165, 1.54) is 19.9 Å². The summed E-state index contributed by atoms with van der Waals surface area (Å²) in [7, 11) is 1.16. The zero-order valence-electron chi connectivity index (χ0n) is 18.3. The Morgan fingerprint density at radius 1 is 1.23 bits per heavy atom. The van der Waals surface area contributed by atoms with Crippen LogP contribution in [0.3, 0.4) is 0 Å². The van der Waals surface area contributed by atoms with E-state index in [0.717, 1.165) is 7.11 Å². The Kier molecular flexibility index (Phi) is 7.77. The molecule has 0 bridgehead atoms. The molecule has 0 radical (unpaired) electrons. The molecule has 9 heteroatoms. The molecule has 0 amide bonds. The summed E-state index contributed by atoms with van der Waals surface area (Å²) >= 11 is 0. The van der Waals surface area contributed by atoms with Crippen LogP contribution in [0.4, 0.5) is 0 Å². The zero-order chi connectivity index (χ0) is 23.5. The largest absolute Gasteiger partial charge is 0.466 e. The summed E-state index contributed by atoms with van der Waals surface area (Å²) in [5.41, 5.74) is -1.00. The third-order valence-electron chi connectivity index (χ3n) is 6.34. The van der Waals surface area contributed by atoms with Crippen LogP contribution in [0.1, 0.15) is 40.0 Å². The second-order valence-electron chi connectivity index (χ2n) is 8.38. The van der Waals surface area contributed by atoms with Crippen LogP contribution in [0.2, 0.25) is 0 Å². The molecule has 9 nitrogen and oxygen atoms in total. The number of ether oxygens (including phenoxy) is 3. The Balaban J connectivity index is 2.35. The molecular weight excluding hydrogens is 408 g/mol. The minimum atomic E-state index is -1.39. The fraction of sp³-hybridized carbons (Fsp3) is 0.636. The molecule has 2 rings (SSSR count). The predicted octanol–water partition coefficient (Wildman–Crippen LogP) is 0.864. The highest BCUT2D eigenvalue weighted by atomic mass is 16.5. The molecule has 0 heterocycles. The predicted molar refractivity (Wildman–Crippen MR) is 107 cm³/mol. The molecule has 2 N–H and O–H groups in total. The molecule has 6 atom stereocenters. The van der Waals surface area contributed by atoms with Crippen molar-refractivity contribution in [3.05, 3.63) is 23.8 Å². The van der Waals surface area contributed by atoms with Gasteiger partial charge in [-0.1, -0.05) is 13.5 Å². The molecule has 2 saturated carbocycles. The summed E-state index contributed by atoms with van der Waals surface area (Å²) in [6.45, 7) is 7.97. The van der Waals surface area contributed by atoms with Gasteiger partial charge in [-0.25, -0.2) is 9.59 Å². The normalized spacial score (nSPS) is 33.2. The van der Waals surface area contributed by atoms with E-state index in [1.54, 1.807) is 6.92 Å². The van der Waals surface area contributed by atoms with E-state index in [9.17, 15) is 29.4 Å². The number of carbonyl (C=O) groups excluding carboxylic acids is 4. The van der Waals surface area contributed by atoms with Crippen molar-refractivity contribution in [1.82, 2.24) is 0 Å². The smallest absolute Gasteiger partial charge is 0.333 e. The van der Waals surface area contributed by atoms with Crippen molar-refractivity contribution in [2.24, 2.45) is 17.3 Å². The van der Waals surface area contributed by atoms with Crippen molar-refractivity contribution in [2.75, 3.05) is 13.7 Å². The number of aliphatic hydroxyl groups is 2. The van der Waals surface area contributed by atoms with Gasteiger partial charge in [0.2, 0.25) is 0 Å². The highest BCUT2D eigenvalue weighted by molar-refractivity contribution is 5.90. The Morgan fingerprint density at radius 2 is 1.87 bits per heavy atom. The molecule has 0 spiro atoms. The van der Waals surface area contributed by atoms with E-state index >= 15 is 0 Å². The highest BCUT2D eigenvalue weighted by Crippen LogP contribution is 2.52. The van der Waals surface area contributed by atoms with Crippen LogP contribution < -0.4 is 0 Å². The first-order chi connectivity index (χ1) is 14.4. The molecule has 0 aromatic rings. The van der Waals surface area contributed by atoms with E-state index in [2.05, 4.69) is 6.58 Å². The topological polar surface area (TPSA) is 136 Å². The van der Waals surface area contributed by atoms with Gasteiger partial charge in [0.25, 0.3) is 0 Å². The van der Waals surface area contributed by atoms with E-state index < -0.39 is 53.5 Å². The molecule has 0 aliphatic heterocycles. The third-order valence-corrected chi connectivity index (χ3v) is 6.34. The van der Waals surface area contributed by atoms with Crippen LogP contribution in [0.5, 0.6) is 0 Å². The number of hydrogen-bond donors (Lipinski definition) is 2. The van der Waals surface area contributed by atoms with Crippen LogP contribution in [-0.2, 0) is 33.4 Å². The summed E-state index contributed by atoms with van der Waals surface area (Å²) in [5.74, 6) is -4.27. The average molecular weight is 438 g/mol. The number of methoxy groups -OCH3 is 1. The van der Waals surface area contributed by atoms with Gasteiger partial charge in [-0.05, 0) is 25.8 Å². The first-order valence-corrected chi connectivity index (χ1v) is 10.1. The quantitative estimate of drug-likeness (QED) is 0.351. The van der Waals surface area contributed by atoms with Gasteiger partial charge in [0.1, 0.15) is 18.5 Å². The number of ketones is 1. The van der Waals surface area contributed by atoms with E-state index in [-0.39, 0.29) is 42.8 Å². The fourth-order valence-electron chi connectivity index (χ4n) is 4.58. The summed E-state index contributed by atoms with van der Waals surface area (Å²) in [6, 6.07) is 0. The lowest BCUT2D eigenvalue weighted by Gasteiger charge is -2.54. The second-order valence-corrected chi connectivity index (χ2v) is 8.38. The van der Waals surface area contributed by atoms with E-state index in [0.29, 0.717) is 0 Å². The lowest BCUT2D eigenvalue weighted by molar-refractivity contribution is -0.189. The van der Waals surface area contributed by atoms with Gasteiger partial charge >= 0.3 is 17.9 Å². The van der Waals surface area contributed by atoms with Gasteiger partial charge in [-0.3, -0.25) is 9.59 Å². The lowest BCUT2D eigenvalue weighted by Crippen LogP contribution is -2.62. The van der Waals surface area contributed by atoms with Crippen LogP contribution >= 0.6 is 0 Å². The fourth-order valence-corrected chi connectivity index (χ4v) is 4.58. The standard InChI is InChI=1S/C22H30O9/c1-11(8-9-30-13(3)23)20(27)31-15-10-22(4)16(25)7-6-14(24)18(22)19(26)17(15)12(2)21(28)29-5/h8,15-19,25-26H,2,6-7,9-10H2,1,3-5H3/b11-8-/t15-,16+,17+,18-,19+,22+/m0/s1. The number of carbonyl (C=O) groups is 4. The van der Waals surface area contributed by atoms with Crippen LogP contribution in [-0.4, -0.2) is 65.9 Å². The number of hydrogen-bond acceptors (Lipinski definition) is 9. The maximum Gasteiger partial charge on any atom is 0.333 e. The van der Waals surface area contributed by atoms with Crippen molar-refractivity contribution >= 4 is 23.7 Å². The van der Waals surface area contributed by atoms with Crippen molar-refractivity contribution in [1.29, 1.82) is 0 Å². The number of Topliss-reactive ketones (excluding diaryl/α,β-unsaturated/α-hetero) is 1. The van der Waals surface area contributed by atoms with Crippen molar-refractivity contribution in [3.63, 3.8) is 0 Å². The summed E-state index contributed by atoms with van der Waals surface area (Å²) in [6.07, 6.45) is -1.55. The number of esters is 3. The van der Waals surface area contributed by atoms with Gasteiger partial charge in [0, 0.05) is 29.9 Å². The Hall–Kier alpha value is -2.52. The first kappa shape index (κ1) is 24.7. The van der Waals surface area contributed by atoms with Crippen LogP contribution in [0, 0.1) is 17.3 Å². The molecule has 31 heavy (non-hydrogen) atoms. The Labute approximate surface area is 181 Å². The first-order valence-electron chi connectivity index (χ1n) is 10.1. The summed E-state index contributed by atoms with van der Waals surface area (Å²) < 4.78 is 15.1. The third kappa shape index (κ3) is 5.04. The van der Waals surface area contributed by atoms with Crippen LogP contribution in [0.15, 0.2) is 23.8 Å². The number of aliphatic hydroxyl groups excluding tert-OH is 2. The zero-order valence-corrected chi connectivity index (χ0v) is 18.3. The van der Waals surface area contributed by atoms with Crippen molar-refractivity contribution in [2.45, 2.75) is 58.3 Å². The Morgan fingerprint density at radius 3 is 2.45 bits per heavy atom. The monoisotopic (exact) mass is 438 g/mol. The minimum absolute atomic E-state index is 0.0469. The number of rotatable bonds is 6. The molecule has 2 fully saturated rings. The summed E-state index contributed by atoms with van der Waals surface area (Å²) in [5, 5.41) is 21.7. The highest BCUT2D eigenvalue weighted by Gasteiger charge is 2.60. The van der Waals surface area contributed by atoms with E-state index in [1.807, 2.05) is 0 Å². The molecular formula is C22H30O9. The number of fused-ring (bicyclic) bond motifs is 1. The molecule has 172 valence electrons. The van der Waals surface area contributed by atoms with Crippen molar-refractivity contribution < 1.29 is 43.6 Å². The SMILES string of the molecule is C=C(C(=O)OC)[C@H]1[C@@H](O)[C@@H]2C(=O)CC[C@@H](O)[C@@]2(C)C[C@@H]1OC(=O)/C(C)=C\COC(C)=O. The molecule has 0 saturated heterocycles. The molecule has 0 aromatic carbocycles. The van der Waals surface area contributed by atoms with Gasteiger partial charge in [-0.15, -0.1) is 0 Å². The Bertz CT molecular complexity index is 799. The maximum absolute atomic E-state index is 12.6. The second kappa shape index (κ2) is 9.74. The summed E-state index contributed by atoms with van der Waals surface area (Å²) in [4.78, 5) is 48.3. The van der Waals surface area contributed by atoms with Gasteiger partial charge in [-0.2, -0.15) is 0 Å². The average Bonchev–Trinajstić information content (AvgIpc) is 2.69. The lowest BCUT2D eigenvalue weighted by atomic mass is 9.53.